The van der Waals surface area contributed by atoms with Crippen LogP contribution in [0.5, 0.6) is 0 Å². The van der Waals surface area contributed by atoms with E-state index >= 15 is 0 Å². The lowest BCUT2D eigenvalue weighted by molar-refractivity contribution is 0.164. The molecule has 0 aromatic rings. The molecule has 0 aliphatic carbocycles. The average Bonchev–Trinajstić information content (AvgIpc) is 1.85. The summed E-state index contributed by atoms with van der Waals surface area (Å²) in [6.07, 6.45) is 0.448. The molecular formula is C5H10ClNO2. The Kier molecular flexibility index (Phi) is 5.41. The van der Waals surface area contributed by atoms with Gasteiger partial charge in [-0.2, -0.15) is 0 Å². The topological polar surface area (TPSA) is 38.3 Å². The highest BCUT2D eigenvalue weighted by molar-refractivity contribution is 6.17. The van der Waals surface area contributed by atoms with Crippen molar-refractivity contribution in [2.75, 3.05) is 12.6 Å². The molecule has 0 saturated carbocycles. The molecule has 0 saturated heterocycles. The summed E-state index contributed by atoms with van der Waals surface area (Å²) in [4.78, 5) is 10.4. The fourth-order valence-electron chi connectivity index (χ4n) is 0.328. The number of alkyl carbamates (subject to hydrolysis) is 1. The molecule has 0 radical (unpaired) electrons. The van der Waals surface area contributed by atoms with E-state index in [0.29, 0.717) is 6.54 Å². The highest BCUT2D eigenvalue weighted by atomic mass is 35.5. The van der Waals surface area contributed by atoms with E-state index in [9.17, 15) is 4.79 Å². The van der Waals surface area contributed by atoms with Crippen LogP contribution in [-0.2, 0) is 4.74 Å². The predicted octanol–water partition coefficient (Wildman–Crippen LogP) is 1.32. The SMILES string of the molecule is CCCNC(=O)OCCl. The van der Waals surface area contributed by atoms with Crippen molar-refractivity contribution in [1.82, 2.24) is 5.32 Å². The summed E-state index contributed by atoms with van der Waals surface area (Å²) in [7, 11) is 0. The molecule has 0 aromatic heterocycles. The van der Waals surface area contributed by atoms with Crippen LogP contribution in [0.2, 0.25) is 0 Å². The molecule has 0 aromatic carbocycles. The summed E-state index contributed by atoms with van der Waals surface area (Å²) in [5, 5.41) is 2.49. The van der Waals surface area contributed by atoms with E-state index in [1.54, 1.807) is 0 Å². The molecule has 0 aliphatic rings. The fourth-order valence-corrected chi connectivity index (χ4v) is 0.427. The molecule has 0 unspecified atom stereocenters. The van der Waals surface area contributed by atoms with Crippen molar-refractivity contribution >= 4 is 17.7 Å². The smallest absolute Gasteiger partial charge is 0.408 e. The van der Waals surface area contributed by atoms with Crippen molar-refractivity contribution in [2.45, 2.75) is 13.3 Å². The summed E-state index contributed by atoms with van der Waals surface area (Å²) < 4.78 is 4.36. The number of carbonyl (C=O) groups excluding carboxylic acids is 1. The maximum Gasteiger partial charge on any atom is 0.408 e. The first-order chi connectivity index (χ1) is 4.31. The number of hydrogen-bond donors (Lipinski definition) is 1. The fraction of sp³-hybridized carbons (Fsp3) is 0.800. The van der Waals surface area contributed by atoms with E-state index in [4.69, 9.17) is 11.6 Å². The van der Waals surface area contributed by atoms with Crippen LogP contribution in [0.15, 0.2) is 0 Å². The highest BCUT2D eigenvalue weighted by Gasteiger charge is 1.95. The van der Waals surface area contributed by atoms with Crippen LogP contribution in [0.4, 0.5) is 4.79 Å². The Morgan fingerprint density at radius 1 is 1.78 bits per heavy atom. The van der Waals surface area contributed by atoms with Gasteiger partial charge in [0, 0.05) is 6.54 Å². The number of hydrogen-bond acceptors (Lipinski definition) is 2. The van der Waals surface area contributed by atoms with E-state index in [2.05, 4.69) is 10.1 Å². The second-order valence-corrected chi connectivity index (χ2v) is 1.69. The monoisotopic (exact) mass is 151 g/mol. The Morgan fingerprint density at radius 3 is 2.89 bits per heavy atom. The van der Waals surface area contributed by atoms with Crippen LogP contribution in [0.3, 0.4) is 0 Å². The Hall–Kier alpha value is -0.440. The van der Waals surface area contributed by atoms with Gasteiger partial charge in [-0.25, -0.2) is 4.79 Å². The summed E-state index contributed by atoms with van der Waals surface area (Å²) in [5.74, 6) is 0. The van der Waals surface area contributed by atoms with Crippen molar-refractivity contribution < 1.29 is 9.53 Å². The molecule has 0 heterocycles. The number of nitrogens with one attached hydrogen (secondary N) is 1. The second kappa shape index (κ2) is 5.69. The number of halogens is 1. The van der Waals surface area contributed by atoms with Gasteiger partial charge in [0.2, 0.25) is 0 Å². The van der Waals surface area contributed by atoms with Crippen LogP contribution in [-0.4, -0.2) is 18.7 Å². The van der Waals surface area contributed by atoms with E-state index in [0.717, 1.165) is 6.42 Å². The normalized spacial score (nSPS) is 8.67. The number of carbonyl (C=O) groups is 1. The predicted molar refractivity (Wildman–Crippen MR) is 35.5 cm³/mol. The van der Waals surface area contributed by atoms with Gasteiger partial charge in [0.1, 0.15) is 0 Å². The van der Waals surface area contributed by atoms with Gasteiger partial charge >= 0.3 is 6.09 Å². The Bertz CT molecular complexity index is 87.0. The zero-order valence-corrected chi connectivity index (χ0v) is 6.07. The molecule has 0 fully saturated rings. The van der Waals surface area contributed by atoms with Crippen molar-refractivity contribution in [3.8, 4) is 0 Å². The number of amides is 1. The summed E-state index contributed by atoms with van der Waals surface area (Å²) in [6.45, 7) is 2.59. The van der Waals surface area contributed by atoms with Gasteiger partial charge in [-0.1, -0.05) is 18.5 Å². The third-order valence-corrected chi connectivity index (χ3v) is 0.814. The summed E-state index contributed by atoms with van der Waals surface area (Å²) >= 11 is 5.09. The summed E-state index contributed by atoms with van der Waals surface area (Å²) in [6, 6.07) is -0.0878. The molecule has 0 aliphatic heterocycles. The van der Waals surface area contributed by atoms with E-state index in [1.165, 1.54) is 0 Å². The molecule has 0 bridgehead atoms. The van der Waals surface area contributed by atoms with Gasteiger partial charge in [-0.05, 0) is 6.42 Å². The van der Waals surface area contributed by atoms with Crippen molar-refractivity contribution in [1.29, 1.82) is 0 Å². The van der Waals surface area contributed by atoms with Gasteiger partial charge in [-0.15, -0.1) is 0 Å². The first kappa shape index (κ1) is 8.56. The van der Waals surface area contributed by atoms with E-state index in [-0.39, 0.29) is 6.07 Å². The molecule has 0 spiro atoms. The maximum atomic E-state index is 10.4. The van der Waals surface area contributed by atoms with E-state index < -0.39 is 6.09 Å². The molecule has 0 rings (SSSR count). The van der Waals surface area contributed by atoms with Gasteiger partial charge < -0.3 is 10.1 Å². The third kappa shape index (κ3) is 5.43. The largest absolute Gasteiger partial charge is 0.433 e. The number of rotatable bonds is 3. The Morgan fingerprint density at radius 2 is 2.44 bits per heavy atom. The van der Waals surface area contributed by atoms with E-state index in [1.807, 2.05) is 6.92 Å². The van der Waals surface area contributed by atoms with Crippen LogP contribution in [0.25, 0.3) is 0 Å². The van der Waals surface area contributed by atoms with Crippen molar-refractivity contribution in [2.24, 2.45) is 0 Å². The zero-order valence-electron chi connectivity index (χ0n) is 5.32. The van der Waals surface area contributed by atoms with Crippen LogP contribution >= 0.6 is 11.6 Å². The minimum absolute atomic E-state index is 0.0878. The minimum Gasteiger partial charge on any atom is -0.433 e. The molecule has 0 atom stereocenters. The van der Waals surface area contributed by atoms with Crippen LogP contribution in [0.1, 0.15) is 13.3 Å². The Labute approximate surface area is 59.3 Å². The second-order valence-electron chi connectivity index (χ2n) is 1.47. The standard InChI is InChI=1S/C5H10ClNO2/c1-2-3-7-5(8)9-4-6/h2-4H2,1H3,(H,7,8). The van der Waals surface area contributed by atoms with Crippen molar-refractivity contribution in [3.63, 3.8) is 0 Å². The first-order valence-electron chi connectivity index (χ1n) is 2.77. The molecule has 1 N–H and O–H groups in total. The summed E-state index contributed by atoms with van der Waals surface area (Å²) in [5.41, 5.74) is 0. The molecule has 54 valence electrons. The van der Waals surface area contributed by atoms with Crippen molar-refractivity contribution in [3.05, 3.63) is 0 Å². The van der Waals surface area contributed by atoms with Gasteiger partial charge in [0.15, 0.2) is 6.07 Å². The molecule has 4 heteroatoms. The lowest BCUT2D eigenvalue weighted by Crippen LogP contribution is -2.24. The zero-order chi connectivity index (χ0) is 7.11. The van der Waals surface area contributed by atoms with Crippen LogP contribution < -0.4 is 5.32 Å². The maximum absolute atomic E-state index is 10.4. The Balaban J connectivity index is 3.06. The van der Waals surface area contributed by atoms with Gasteiger partial charge in [0.05, 0.1) is 0 Å². The number of alkyl halides is 1. The highest BCUT2D eigenvalue weighted by Crippen LogP contribution is 1.80. The molecule has 1 amide bonds. The van der Waals surface area contributed by atoms with Gasteiger partial charge in [0.25, 0.3) is 0 Å². The average molecular weight is 152 g/mol. The first-order valence-corrected chi connectivity index (χ1v) is 3.31. The number of ether oxygens (including phenoxy) is 1. The van der Waals surface area contributed by atoms with Crippen LogP contribution in [0, 0.1) is 0 Å². The molecular weight excluding hydrogens is 142 g/mol. The van der Waals surface area contributed by atoms with Gasteiger partial charge in [-0.3, -0.25) is 0 Å². The lowest BCUT2D eigenvalue weighted by atomic mass is 10.5. The third-order valence-electron chi connectivity index (χ3n) is 0.705. The lowest BCUT2D eigenvalue weighted by Gasteiger charge is -2.00. The quantitative estimate of drug-likeness (QED) is 0.618. The molecule has 9 heavy (non-hydrogen) atoms. The molecule has 3 nitrogen and oxygen atoms in total. The minimum atomic E-state index is -0.452.